The SMILES string of the molecule is COc1ccc([N+](=O)[O-])cc1/C=C(\C#N)C(=O)NCC1CCCO1. The number of ether oxygens (including phenoxy) is 2. The Morgan fingerprint density at radius 2 is 2.42 bits per heavy atom. The van der Waals surface area contributed by atoms with E-state index in [4.69, 9.17) is 9.47 Å². The van der Waals surface area contributed by atoms with Gasteiger partial charge in [-0.15, -0.1) is 0 Å². The van der Waals surface area contributed by atoms with Crippen LogP contribution in [0.2, 0.25) is 0 Å². The van der Waals surface area contributed by atoms with Crippen molar-refractivity contribution in [3.8, 4) is 11.8 Å². The standard InChI is InChI=1S/C16H17N3O5/c1-23-15-5-4-13(19(21)22)8-11(15)7-12(9-17)16(20)18-10-14-3-2-6-24-14/h4-5,7-8,14H,2-3,6,10H2,1H3,(H,18,20)/b12-7+. The number of carbonyl (C=O) groups excluding carboxylic acids is 1. The van der Waals surface area contributed by atoms with Crippen LogP contribution in [0.3, 0.4) is 0 Å². The van der Waals surface area contributed by atoms with E-state index in [0.29, 0.717) is 18.9 Å². The van der Waals surface area contributed by atoms with Crippen LogP contribution >= 0.6 is 0 Å². The average Bonchev–Trinajstić information content (AvgIpc) is 3.10. The lowest BCUT2D eigenvalue weighted by Gasteiger charge is -2.10. The van der Waals surface area contributed by atoms with Crippen molar-refractivity contribution in [2.45, 2.75) is 18.9 Å². The maximum atomic E-state index is 12.1. The molecule has 0 bridgehead atoms. The molecule has 1 saturated heterocycles. The summed E-state index contributed by atoms with van der Waals surface area (Å²) in [6.45, 7) is 0.996. The van der Waals surface area contributed by atoms with Gasteiger partial charge in [-0.1, -0.05) is 0 Å². The molecule has 8 nitrogen and oxygen atoms in total. The largest absolute Gasteiger partial charge is 0.496 e. The van der Waals surface area contributed by atoms with Crippen LogP contribution in [0.4, 0.5) is 5.69 Å². The highest BCUT2D eigenvalue weighted by molar-refractivity contribution is 6.02. The number of rotatable bonds is 6. The predicted octanol–water partition coefficient (Wildman–Crippen LogP) is 1.81. The molecular formula is C16H17N3O5. The normalized spacial score (nSPS) is 17.2. The van der Waals surface area contributed by atoms with Crippen LogP contribution in [-0.2, 0) is 9.53 Å². The van der Waals surface area contributed by atoms with Crippen LogP contribution in [0.15, 0.2) is 23.8 Å². The summed E-state index contributed by atoms with van der Waals surface area (Å²) in [7, 11) is 1.40. The van der Waals surface area contributed by atoms with Gasteiger partial charge in [0.15, 0.2) is 0 Å². The summed E-state index contributed by atoms with van der Waals surface area (Å²) < 4.78 is 10.5. The van der Waals surface area contributed by atoms with Crippen LogP contribution in [0.1, 0.15) is 18.4 Å². The monoisotopic (exact) mass is 331 g/mol. The third kappa shape index (κ3) is 4.30. The highest BCUT2D eigenvalue weighted by Crippen LogP contribution is 2.26. The van der Waals surface area contributed by atoms with Crippen LogP contribution in [-0.4, -0.2) is 37.2 Å². The first-order chi connectivity index (χ1) is 11.5. The van der Waals surface area contributed by atoms with Crippen molar-refractivity contribution in [1.29, 1.82) is 5.26 Å². The Balaban J connectivity index is 2.19. The molecule has 1 aromatic rings. The van der Waals surface area contributed by atoms with Gasteiger partial charge >= 0.3 is 0 Å². The molecule has 1 heterocycles. The maximum Gasteiger partial charge on any atom is 0.270 e. The fraction of sp³-hybridized carbons (Fsp3) is 0.375. The number of carbonyl (C=O) groups is 1. The Morgan fingerprint density at radius 1 is 1.62 bits per heavy atom. The van der Waals surface area contributed by atoms with E-state index in [1.54, 1.807) is 0 Å². The molecule has 8 heteroatoms. The number of nitro groups is 1. The highest BCUT2D eigenvalue weighted by atomic mass is 16.6. The minimum absolute atomic E-state index is 0.0405. The summed E-state index contributed by atoms with van der Waals surface area (Å²) in [6, 6.07) is 5.77. The number of hydrogen-bond donors (Lipinski definition) is 1. The van der Waals surface area contributed by atoms with E-state index in [1.807, 2.05) is 6.07 Å². The van der Waals surface area contributed by atoms with E-state index in [9.17, 15) is 20.2 Å². The fourth-order valence-corrected chi connectivity index (χ4v) is 2.36. The second kappa shape index (κ2) is 8.08. The second-order valence-electron chi connectivity index (χ2n) is 5.20. The van der Waals surface area contributed by atoms with Gasteiger partial charge < -0.3 is 14.8 Å². The van der Waals surface area contributed by atoms with E-state index in [0.717, 1.165) is 12.8 Å². The first-order valence-corrected chi connectivity index (χ1v) is 7.39. The molecule has 1 atom stereocenters. The Morgan fingerprint density at radius 3 is 3.00 bits per heavy atom. The van der Waals surface area contributed by atoms with Crippen LogP contribution in [0, 0.1) is 21.4 Å². The molecule has 1 aliphatic heterocycles. The number of methoxy groups -OCH3 is 1. The number of amides is 1. The van der Waals surface area contributed by atoms with Gasteiger partial charge in [0.05, 0.1) is 18.1 Å². The zero-order valence-corrected chi connectivity index (χ0v) is 13.2. The number of nitriles is 1. The highest BCUT2D eigenvalue weighted by Gasteiger charge is 2.18. The molecule has 0 saturated carbocycles. The third-order valence-corrected chi connectivity index (χ3v) is 3.60. The molecule has 0 aliphatic carbocycles. The minimum Gasteiger partial charge on any atom is -0.496 e. The number of nitrogens with one attached hydrogen (secondary N) is 1. The summed E-state index contributed by atoms with van der Waals surface area (Å²) in [5, 5.41) is 22.7. The van der Waals surface area contributed by atoms with Crippen LogP contribution < -0.4 is 10.1 Å². The molecule has 1 N–H and O–H groups in total. The molecular weight excluding hydrogens is 314 g/mol. The fourth-order valence-electron chi connectivity index (χ4n) is 2.36. The maximum absolute atomic E-state index is 12.1. The van der Waals surface area contributed by atoms with Crippen molar-refractivity contribution in [3.05, 3.63) is 39.4 Å². The summed E-state index contributed by atoms with van der Waals surface area (Å²) >= 11 is 0. The zero-order valence-electron chi connectivity index (χ0n) is 13.2. The first kappa shape index (κ1) is 17.4. The summed E-state index contributed by atoms with van der Waals surface area (Å²) in [5.74, 6) is -0.221. The van der Waals surface area contributed by atoms with Gasteiger partial charge in [-0.3, -0.25) is 14.9 Å². The smallest absolute Gasteiger partial charge is 0.270 e. The molecule has 1 fully saturated rings. The first-order valence-electron chi connectivity index (χ1n) is 7.39. The number of hydrogen-bond acceptors (Lipinski definition) is 6. The van der Waals surface area contributed by atoms with Crippen molar-refractivity contribution in [3.63, 3.8) is 0 Å². The van der Waals surface area contributed by atoms with E-state index >= 15 is 0 Å². The van der Waals surface area contributed by atoms with Crippen molar-refractivity contribution in [2.24, 2.45) is 0 Å². The molecule has 2 rings (SSSR count). The quantitative estimate of drug-likeness (QED) is 0.368. The zero-order chi connectivity index (χ0) is 17.5. The summed E-state index contributed by atoms with van der Waals surface area (Å²) in [4.78, 5) is 22.4. The predicted molar refractivity (Wildman–Crippen MR) is 85.2 cm³/mol. The van der Waals surface area contributed by atoms with E-state index in [1.165, 1.54) is 31.4 Å². The Hall–Kier alpha value is -2.92. The summed E-state index contributed by atoms with van der Waals surface area (Å²) in [5.41, 5.74) is -0.0265. The van der Waals surface area contributed by atoms with Gasteiger partial charge in [-0.2, -0.15) is 5.26 Å². The molecule has 0 aromatic heterocycles. The number of non-ortho nitro benzene ring substituents is 1. The van der Waals surface area contributed by atoms with Crippen molar-refractivity contribution >= 4 is 17.7 Å². The average molecular weight is 331 g/mol. The topological polar surface area (TPSA) is 114 Å². The molecule has 0 spiro atoms. The van der Waals surface area contributed by atoms with Crippen molar-refractivity contribution < 1.29 is 19.2 Å². The second-order valence-corrected chi connectivity index (χ2v) is 5.20. The van der Waals surface area contributed by atoms with Gasteiger partial charge in [0.25, 0.3) is 11.6 Å². The van der Waals surface area contributed by atoms with Gasteiger partial charge in [0.1, 0.15) is 17.4 Å². The van der Waals surface area contributed by atoms with Crippen LogP contribution in [0.25, 0.3) is 6.08 Å². The Bertz CT molecular complexity index is 702. The van der Waals surface area contributed by atoms with E-state index in [2.05, 4.69) is 5.32 Å². The van der Waals surface area contributed by atoms with Gasteiger partial charge in [-0.25, -0.2) is 0 Å². The molecule has 1 aromatic carbocycles. The van der Waals surface area contributed by atoms with Crippen LogP contribution in [0.5, 0.6) is 5.75 Å². The Kier molecular flexibility index (Phi) is 5.87. The van der Waals surface area contributed by atoms with E-state index < -0.39 is 10.8 Å². The lowest BCUT2D eigenvalue weighted by atomic mass is 10.1. The molecule has 24 heavy (non-hydrogen) atoms. The van der Waals surface area contributed by atoms with Crippen molar-refractivity contribution in [2.75, 3.05) is 20.3 Å². The molecule has 1 amide bonds. The molecule has 126 valence electrons. The number of nitro benzene ring substituents is 1. The molecule has 1 aliphatic rings. The minimum atomic E-state index is -0.555. The number of benzene rings is 1. The molecule has 1 unspecified atom stereocenters. The molecule has 0 radical (unpaired) electrons. The van der Waals surface area contributed by atoms with Gasteiger partial charge in [0, 0.05) is 30.8 Å². The summed E-state index contributed by atoms with van der Waals surface area (Å²) in [6.07, 6.45) is 3.05. The third-order valence-electron chi connectivity index (χ3n) is 3.60. The van der Waals surface area contributed by atoms with Gasteiger partial charge in [0.2, 0.25) is 0 Å². The van der Waals surface area contributed by atoms with Crippen molar-refractivity contribution in [1.82, 2.24) is 5.32 Å². The number of nitrogens with zero attached hydrogens (tertiary/aromatic N) is 2. The van der Waals surface area contributed by atoms with Gasteiger partial charge in [-0.05, 0) is 25.0 Å². The lowest BCUT2D eigenvalue weighted by Crippen LogP contribution is -2.32. The Labute approximate surface area is 138 Å². The van der Waals surface area contributed by atoms with E-state index in [-0.39, 0.29) is 22.9 Å². The lowest BCUT2D eigenvalue weighted by molar-refractivity contribution is -0.384.